The predicted octanol–water partition coefficient (Wildman–Crippen LogP) is 1.89. The lowest BCUT2D eigenvalue weighted by molar-refractivity contribution is 0.433. The summed E-state index contributed by atoms with van der Waals surface area (Å²) in [5.74, 6) is 1.49. The molecule has 0 saturated carbocycles. The van der Waals surface area contributed by atoms with E-state index in [1.807, 2.05) is 0 Å². The van der Waals surface area contributed by atoms with Crippen molar-refractivity contribution < 1.29 is 0 Å². The maximum Gasteiger partial charge on any atom is 0.251 e. The van der Waals surface area contributed by atoms with E-state index in [9.17, 15) is 4.79 Å². The molecule has 1 heterocycles. The van der Waals surface area contributed by atoms with Crippen LogP contribution in [0.4, 0.5) is 0 Å². The molecule has 0 spiro atoms. The summed E-state index contributed by atoms with van der Waals surface area (Å²) in [5.41, 5.74) is -0.0925. The van der Waals surface area contributed by atoms with E-state index in [4.69, 9.17) is 0 Å². The molecule has 4 nitrogen and oxygen atoms in total. The number of hydrogen-bond acceptors (Lipinski definition) is 4. The summed E-state index contributed by atoms with van der Waals surface area (Å²) < 4.78 is 0. The molecule has 1 aromatic rings. The topological polar surface area (TPSA) is 57.8 Å². The Kier molecular flexibility index (Phi) is 6.29. The van der Waals surface area contributed by atoms with Crippen molar-refractivity contribution in [1.82, 2.24) is 15.3 Å². The molecule has 1 rings (SSSR count). The summed E-state index contributed by atoms with van der Waals surface area (Å²) in [6, 6.07) is 1.88. The number of nitrogens with one attached hydrogen (secondary N) is 2. The Hall–Kier alpha value is -0.810. The highest BCUT2D eigenvalue weighted by atomic mass is 32.2. The first-order valence-electron chi connectivity index (χ1n) is 6.05. The minimum Gasteiger partial charge on any atom is -0.313 e. The van der Waals surface area contributed by atoms with Crippen LogP contribution in [0.1, 0.15) is 27.2 Å². The van der Waals surface area contributed by atoms with E-state index in [-0.39, 0.29) is 5.56 Å². The molecule has 1 unspecified atom stereocenters. The van der Waals surface area contributed by atoms with Crippen LogP contribution in [0, 0.1) is 5.92 Å². The highest BCUT2D eigenvalue weighted by molar-refractivity contribution is 7.99. The van der Waals surface area contributed by atoms with Gasteiger partial charge in [-0.3, -0.25) is 4.79 Å². The molecular weight excluding hydrogens is 234 g/mol. The molecule has 0 radical (unpaired) electrons. The van der Waals surface area contributed by atoms with E-state index in [0.717, 1.165) is 18.7 Å². The average molecular weight is 255 g/mol. The van der Waals surface area contributed by atoms with Gasteiger partial charge in [0.05, 0.1) is 0 Å². The highest BCUT2D eigenvalue weighted by Gasteiger charge is 2.13. The fourth-order valence-corrected chi connectivity index (χ4v) is 2.56. The van der Waals surface area contributed by atoms with Crippen LogP contribution in [0.2, 0.25) is 0 Å². The number of H-pyrrole nitrogens is 1. The zero-order valence-corrected chi connectivity index (χ0v) is 11.5. The summed E-state index contributed by atoms with van der Waals surface area (Å²) >= 11 is 1.59. The van der Waals surface area contributed by atoms with Gasteiger partial charge in [-0.15, -0.1) is 0 Å². The maximum absolute atomic E-state index is 11.1. The van der Waals surface area contributed by atoms with Crippen molar-refractivity contribution >= 4 is 11.8 Å². The molecule has 0 amide bonds. The molecule has 0 saturated heterocycles. The van der Waals surface area contributed by atoms with E-state index >= 15 is 0 Å². The van der Waals surface area contributed by atoms with E-state index in [1.165, 1.54) is 6.07 Å². The molecule has 1 aromatic heterocycles. The van der Waals surface area contributed by atoms with Crippen LogP contribution in [0.25, 0.3) is 0 Å². The first-order chi connectivity index (χ1) is 8.13. The van der Waals surface area contributed by atoms with Crippen LogP contribution in [0.3, 0.4) is 0 Å². The lowest BCUT2D eigenvalue weighted by Gasteiger charge is -2.21. The second kappa shape index (κ2) is 7.50. The third kappa shape index (κ3) is 5.37. The maximum atomic E-state index is 11.1. The van der Waals surface area contributed by atoms with Crippen LogP contribution in [0.15, 0.2) is 22.2 Å². The van der Waals surface area contributed by atoms with Gasteiger partial charge in [-0.1, -0.05) is 32.5 Å². The Bertz CT molecular complexity index is 378. The fraction of sp³-hybridized carbons (Fsp3) is 0.667. The second-order valence-electron chi connectivity index (χ2n) is 4.35. The van der Waals surface area contributed by atoms with Gasteiger partial charge in [0.1, 0.15) is 0 Å². The van der Waals surface area contributed by atoms with Gasteiger partial charge in [0, 0.05) is 24.1 Å². The molecule has 2 N–H and O–H groups in total. The van der Waals surface area contributed by atoms with Crippen molar-refractivity contribution in [1.29, 1.82) is 0 Å². The van der Waals surface area contributed by atoms with Gasteiger partial charge in [-0.2, -0.15) is 0 Å². The number of hydrogen-bond donors (Lipinski definition) is 2. The molecule has 0 fully saturated rings. The first kappa shape index (κ1) is 14.3. The average Bonchev–Trinajstić information content (AvgIpc) is 2.28. The van der Waals surface area contributed by atoms with Crippen LogP contribution in [0.5, 0.6) is 0 Å². The predicted molar refractivity (Wildman–Crippen MR) is 72.5 cm³/mol. The van der Waals surface area contributed by atoms with Gasteiger partial charge in [0.25, 0.3) is 5.56 Å². The van der Waals surface area contributed by atoms with Gasteiger partial charge in [-0.25, -0.2) is 4.98 Å². The summed E-state index contributed by atoms with van der Waals surface area (Å²) in [7, 11) is 0. The van der Waals surface area contributed by atoms with Gasteiger partial charge in [-0.05, 0) is 18.9 Å². The smallest absolute Gasteiger partial charge is 0.251 e. The molecule has 0 aliphatic carbocycles. The minimum atomic E-state index is -0.0925. The van der Waals surface area contributed by atoms with E-state index in [1.54, 1.807) is 18.0 Å². The van der Waals surface area contributed by atoms with E-state index in [0.29, 0.717) is 17.1 Å². The third-order valence-electron chi connectivity index (χ3n) is 2.51. The van der Waals surface area contributed by atoms with E-state index < -0.39 is 0 Å². The number of nitrogens with zero attached hydrogens (tertiary/aromatic N) is 1. The third-order valence-corrected chi connectivity index (χ3v) is 3.52. The molecule has 0 aliphatic heterocycles. The van der Waals surface area contributed by atoms with Crippen LogP contribution < -0.4 is 10.9 Å². The monoisotopic (exact) mass is 255 g/mol. The van der Waals surface area contributed by atoms with Gasteiger partial charge < -0.3 is 10.3 Å². The minimum absolute atomic E-state index is 0.0925. The SMILES string of the molecule is CCCNC(CSc1nccc(=O)[nH]1)C(C)C. The Labute approximate surface area is 107 Å². The standard InChI is InChI=1S/C12H21N3OS/c1-4-6-13-10(9(2)3)8-17-12-14-7-5-11(16)15-12/h5,7,9-10,13H,4,6,8H2,1-3H3,(H,14,15,16). The van der Waals surface area contributed by atoms with Crippen molar-refractivity contribution in [3.05, 3.63) is 22.6 Å². The second-order valence-corrected chi connectivity index (χ2v) is 5.36. The van der Waals surface area contributed by atoms with Gasteiger partial charge in [0.2, 0.25) is 0 Å². The molecule has 0 bridgehead atoms. The van der Waals surface area contributed by atoms with Crippen LogP contribution in [-0.2, 0) is 0 Å². The Morgan fingerprint density at radius 1 is 1.53 bits per heavy atom. The Morgan fingerprint density at radius 3 is 2.88 bits per heavy atom. The van der Waals surface area contributed by atoms with E-state index in [2.05, 4.69) is 36.1 Å². The zero-order valence-electron chi connectivity index (χ0n) is 10.7. The molecule has 1 atom stereocenters. The lowest BCUT2D eigenvalue weighted by atomic mass is 10.1. The highest BCUT2D eigenvalue weighted by Crippen LogP contribution is 2.15. The molecule has 96 valence electrons. The lowest BCUT2D eigenvalue weighted by Crippen LogP contribution is -2.36. The molecule has 0 aromatic carbocycles. The van der Waals surface area contributed by atoms with Crippen molar-refractivity contribution in [2.45, 2.75) is 38.4 Å². The number of aromatic nitrogens is 2. The molecule has 17 heavy (non-hydrogen) atoms. The molecule has 5 heteroatoms. The van der Waals surface area contributed by atoms with Gasteiger partial charge >= 0.3 is 0 Å². The number of aromatic amines is 1. The van der Waals surface area contributed by atoms with Crippen molar-refractivity contribution in [3.63, 3.8) is 0 Å². The quantitative estimate of drug-likeness (QED) is 0.577. The summed E-state index contributed by atoms with van der Waals surface area (Å²) in [6.45, 7) is 7.60. The van der Waals surface area contributed by atoms with Crippen LogP contribution in [-0.4, -0.2) is 28.3 Å². The number of rotatable bonds is 7. The van der Waals surface area contributed by atoms with Gasteiger partial charge in [0.15, 0.2) is 5.16 Å². The Balaban J connectivity index is 2.48. The Morgan fingerprint density at radius 2 is 2.29 bits per heavy atom. The molecule has 0 aliphatic rings. The normalized spacial score (nSPS) is 12.9. The summed E-state index contributed by atoms with van der Waals surface area (Å²) in [5, 5.41) is 4.21. The largest absolute Gasteiger partial charge is 0.313 e. The van der Waals surface area contributed by atoms with Crippen molar-refractivity contribution in [3.8, 4) is 0 Å². The molecular formula is C12H21N3OS. The first-order valence-corrected chi connectivity index (χ1v) is 7.03. The van der Waals surface area contributed by atoms with Crippen molar-refractivity contribution in [2.24, 2.45) is 5.92 Å². The zero-order chi connectivity index (χ0) is 12.7. The fourth-order valence-electron chi connectivity index (χ4n) is 1.41. The summed E-state index contributed by atoms with van der Waals surface area (Å²) in [6.07, 6.45) is 2.68. The summed E-state index contributed by atoms with van der Waals surface area (Å²) in [4.78, 5) is 18.0. The van der Waals surface area contributed by atoms with Crippen molar-refractivity contribution in [2.75, 3.05) is 12.3 Å². The van der Waals surface area contributed by atoms with Crippen LogP contribution >= 0.6 is 11.8 Å². The number of thioether (sulfide) groups is 1.